The summed E-state index contributed by atoms with van der Waals surface area (Å²) in [6.45, 7) is 1.42. The fourth-order valence-corrected chi connectivity index (χ4v) is 2.51. The fourth-order valence-electron chi connectivity index (χ4n) is 2.51. The van der Waals surface area contributed by atoms with Crippen molar-refractivity contribution in [3.8, 4) is 5.69 Å². The summed E-state index contributed by atoms with van der Waals surface area (Å²) in [5.41, 5.74) is 1.58. The van der Waals surface area contributed by atoms with E-state index >= 15 is 0 Å². The molecule has 1 aromatic carbocycles. The van der Waals surface area contributed by atoms with Gasteiger partial charge >= 0.3 is 5.97 Å². The van der Waals surface area contributed by atoms with Crippen molar-refractivity contribution >= 4 is 11.9 Å². The maximum Gasteiger partial charge on any atom is 0.307 e. The van der Waals surface area contributed by atoms with Gasteiger partial charge in [-0.2, -0.15) is 0 Å². The summed E-state index contributed by atoms with van der Waals surface area (Å²) in [4.78, 5) is 25.8. The third-order valence-electron chi connectivity index (χ3n) is 3.89. The van der Waals surface area contributed by atoms with E-state index in [1.165, 1.54) is 7.11 Å². The highest BCUT2D eigenvalue weighted by atomic mass is 16.5. The van der Waals surface area contributed by atoms with Crippen LogP contribution in [0.2, 0.25) is 0 Å². The lowest BCUT2D eigenvalue weighted by Gasteiger charge is -2.22. The average Bonchev–Trinajstić information content (AvgIpc) is 3.18. The first kappa shape index (κ1) is 18.7. The molecular weight excluding hydrogens is 320 g/mol. The van der Waals surface area contributed by atoms with Crippen molar-refractivity contribution in [3.63, 3.8) is 0 Å². The summed E-state index contributed by atoms with van der Waals surface area (Å²) < 4.78 is 11.7. The Morgan fingerprint density at radius 1 is 1.04 bits per heavy atom. The number of aromatic nitrogens is 1. The van der Waals surface area contributed by atoms with Crippen LogP contribution in [0.25, 0.3) is 5.69 Å². The number of carbonyl (C=O) groups is 2. The number of nitrogens with zero attached hydrogens (tertiary/aromatic N) is 2. The van der Waals surface area contributed by atoms with Gasteiger partial charge in [0.15, 0.2) is 0 Å². The van der Waals surface area contributed by atoms with Crippen LogP contribution in [0.4, 0.5) is 0 Å². The largest absolute Gasteiger partial charge is 0.469 e. The van der Waals surface area contributed by atoms with E-state index in [4.69, 9.17) is 4.74 Å². The van der Waals surface area contributed by atoms with E-state index in [0.29, 0.717) is 31.7 Å². The number of hydrogen-bond acceptors (Lipinski definition) is 4. The van der Waals surface area contributed by atoms with Crippen LogP contribution in [-0.4, -0.2) is 55.3 Å². The van der Waals surface area contributed by atoms with Gasteiger partial charge in [-0.05, 0) is 42.8 Å². The Balaban J connectivity index is 2.06. The molecule has 0 saturated heterocycles. The van der Waals surface area contributed by atoms with E-state index in [-0.39, 0.29) is 18.3 Å². The minimum atomic E-state index is -0.326. The molecule has 0 unspecified atom stereocenters. The highest BCUT2D eigenvalue weighted by Crippen LogP contribution is 2.13. The number of rotatable bonds is 9. The van der Waals surface area contributed by atoms with Crippen molar-refractivity contribution < 1.29 is 19.1 Å². The third-order valence-corrected chi connectivity index (χ3v) is 3.89. The van der Waals surface area contributed by atoms with Gasteiger partial charge in [-0.3, -0.25) is 9.59 Å². The van der Waals surface area contributed by atoms with E-state index in [2.05, 4.69) is 4.74 Å². The van der Waals surface area contributed by atoms with Crippen molar-refractivity contribution in [2.24, 2.45) is 0 Å². The number of hydrogen-bond donors (Lipinski definition) is 0. The van der Waals surface area contributed by atoms with Crippen LogP contribution in [-0.2, 0) is 14.3 Å². The van der Waals surface area contributed by atoms with Gasteiger partial charge in [0, 0.05) is 50.5 Å². The first-order valence-electron chi connectivity index (χ1n) is 8.24. The normalized spacial score (nSPS) is 10.5. The summed E-state index contributed by atoms with van der Waals surface area (Å²) >= 11 is 0. The molecule has 1 heterocycles. The van der Waals surface area contributed by atoms with Gasteiger partial charge in [0.05, 0.1) is 13.5 Å². The number of amides is 1. The molecule has 1 amide bonds. The highest BCUT2D eigenvalue weighted by molar-refractivity contribution is 5.94. The molecule has 0 aliphatic heterocycles. The van der Waals surface area contributed by atoms with Crippen LogP contribution in [0.1, 0.15) is 23.2 Å². The van der Waals surface area contributed by atoms with Gasteiger partial charge < -0.3 is 18.9 Å². The van der Waals surface area contributed by atoms with Crippen LogP contribution in [0, 0.1) is 0 Å². The molecule has 134 valence electrons. The zero-order valence-corrected chi connectivity index (χ0v) is 14.7. The summed E-state index contributed by atoms with van der Waals surface area (Å²) in [7, 11) is 2.97. The zero-order chi connectivity index (χ0) is 18.1. The van der Waals surface area contributed by atoms with E-state index < -0.39 is 0 Å². The summed E-state index contributed by atoms with van der Waals surface area (Å²) in [6, 6.07) is 11.3. The second-order valence-electron chi connectivity index (χ2n) is 5.60. The molecule has 0 fully saturated rings. The van der Waals surface area contributed by atoms with Gasteiger partial charge in [0.1, 0.15) is 0 Å². The molecule has 0 aliphatic carbocycles. The number of carbonyl (C=O) groups excluding carboxylic acids is 2. The van der Waals surface area contributed by atoms with E-state index in [1.54, 1.807) is 24.1 Å². The van der Waals surface area contributed by atoms with Gasteiger partial charge in [0.25, 0.3) is 5.91 Å². The molecule has 6 heteroatoms. The van der Waals surface area contributed by atoms with Crippen LogP contribution in [0.5, 0.6) is 0 Å². The first-order chi connectivity index (χ1) is 12.2. The van der Waals surface area contributed by atoms with E-state index in [0.717, 1.165) is 5.69 Å². The van der Waals surface area contributed by atoms with Gasteiger partial charge in [-0.25, -0.2) is 0 Å². The third kappa shape index (κ3) is 5.46. The van der Waals surface area contributed by atoms with Crippen LogP contribution < -0.4 is 0 Å². The number of methoxy groups -OCH3 is 2. The van der Waals surface area contributed by atoms with Gasteiger partial charge in [-0.15, -0.1) is 0 Å². The van der Waals surface area contributed by atoms with Crippen LogP contribution in [0.15, 0.2) is 48.8 Å². The van der Waals surface area contributed by atoms with Crippen molar-refractivity contribution in [1.82, 2.24) is 9.47 Å². The molecule has 2 rings (SSSR count). The molecule has 25 heavy (non-hydrogen) atoms. The minimum Gasteiger partial charge on any atom is -0.469 e. The van der Waals surface area contributed by atoms with Gasteiger partial charge in [-0.1, -0.05) is 0 Å². The molecule has 0 atom stereocenters. The molecule has 6 nitrogen and oxygen atoms in total. The van der Waals surface area contributed by atoms with E-state index in [9.17, 15) is 9.59 Å². The van der Waals surface area contributed by atoms with Crippen LogP contribution >= 0.6 is 0 Å². The molecular formula is C19H24N2O4. The molecule has 0 radical (unpaired) electrons. The average molecular weight is 344 g/mol. The lowest BCUT2D eigenvalue weighted by atomic mass is 10.1. The fraction of sp³-hybridized carbons (Fsp3) is 0.368. The zero-order valence-electron chi connectivity index (χ0n) is 14.7. The quantitative estimate of drug-likeness (QED) is 0.518. The Kier molecular flexibility index (Phi) is 7.22. The van der Waals surface area contributed by atoms with Crippen molar-refractivity contribution in [2.45, 2.75) is 12.8 Å². The maximum atomic E-state index is 12.8. The topological polar surface area (TPSA) is 60.8 Å². The van der Waals surface area contributed by atoms with Crippen molar-refractivity contribution in [1.29, 1.82) is 0 Å². The molecule has 0 aliphatic rings. The Bertz CT molecular complexity index is 665. The second kappa shape index (κ2) is 9.64. The molecule has 0 spiro atoms. The summed E-state index contributed by atoms with van der Waals surface area (Å²) in [6.07, 6.45) is 4.79. The highest BCUT2D eigenvalue weighted by Gasteiger charge is 2.17. The van der Waals surface area contributed by atoms with Crippen LogP contribution in [0.3, 0.4) is 0 Å². The SMILES string of the molecule is COCCCN(CCC(=O)OC)C(=O)c1ccc(-n2cccc2)cc1. The summed E-state index contributed by atoms with van der Waals surface area (Å²) in [5, 5.41) is 0. The number of esters is 1. The molecule has 0 saturated carbocycles. The van der Waals surface area contributed by atoms with Gasteiger partial charge in [0.2, 0.25) is 0 Å². The standard InChI is InChI=1S/C19H24N2O4/c1-24-15-5-13-21(14-10-18(22)25-2)19(23)16-6-8-17(9-7-16)20-11-3-4-12-20/h3-4,6-9,11-12H,5,10,13-15H2,1-2H3. The second-order valence-corrected chi connectivity index (χ2v) is 5.60. The Morgan fingerprint density at radius 3 is 2.32 bits per heavy atom. The first-order valence-corrected chi connectivity index (χ1v) is 8.24. The Hall–Kier alpha value is -2.60. The van der Waals surface area contributed by atoms with Crippen molar-refractivity contribution in [2.75, 3.05) is 33.9 Å². The van der Waals surface area contributed by atoms with Crippen molar-refractivity contribution in [3.05, 3.63) is 54.4 Å². The lowest BCUT2D eigenvalue weighted by molar-refractivity contribution is -0.140. The number of benzene rings is 1. The smallest absolute Gasteiger partial charge is 0.307 e. The summed E-state index contributed by atoms with van der Waals surface area (Å²) in [5.74, 6) is -0.424. The predicted molar refractivity (Wildman–Crippen MR) is 94.8 cm³/mol. The molecule has 0 bridgehead atoms. The predicted octanol–water partition coefficient (Wildman–Crippen LogP) is 2.52. The Morgan fingerprint density at radius 2 is 1.72 bits per heavy atom. The Labute approximate surface area is 148 Å². The molecule has 2 aromatic rings. The lowest BCUT2D eigenvalue weighted by Crippen LogP contribution is -2.34. The van der Waals surface area contributed by atoms with E-state index in [1.807, 2.05) is 41.2 Å². The molecule has 1 aromatic heterocycles. The minimum absolute atomic E-state index is 0.0981. The molecule has 0 N–H and O–H groups in total. The number of ether oxygens (including phenoxy) is 2. The monoisotopic (exact) mass is 344 g/mol. The maximum absolute atomic E-state index is 12.8.